The third-order valence-electron chi connectivity index (χ3n) is 4.65. The quantitative estimate of drug-likeness (QED) is 0.561. The van der Waals surface area contributed by atoms with E-state index in [4.69, 9.17) is 0 Å². The molecule has 0 saturated carbocycles. The molecule has 7 heteroatoms. The number of para-hydroxylation sites is 1. The average Bonchev–Trinajstić information content (AvgIpc) is 3.04. The van der Waals surface area contributed by atoms with Crippen LogP contribution >= 0.6 is 0 Å². The number of carbonyl (C=O) groups excluding carboxylic acids is 3. The number of barbiturate groups is 1. The van der Waals surface area contributed by atoms with Gasteiger partial charge in [0.25, 0.3) is 11.8 Å². The van der Waals surface area contributed by atoms with Crippen LogP contribution in [0.25, 0.3) is 17.0 Å². The molecule has 140 valence electrons. The molecule has 3 aromatic rings. The Hall–Kier alpha value is -3.74. The summed E-state index contributed by atoms with van der Waals surface area (Å²) in [7, 11) is 0. The summed E-state index contributed by atoms with van der Waals surface area (Å²) in [4.78, 5) is 38.3. The van der Waals surface area contributed by atoms with Crippen molar-refractivity contribution in [2.24, 2.45) is 0 Å². The molecule has 28 heavy (non-hydrogen) atoms. The number of hydrogen-bond donors (Lipinski definition) is 1. The lowest BCUT2D eigenvalue weighted by Crippen LogP contribution is -2.54. The molecule has 6 nitrogen and oxygen atoms in total. The Bertz CT molecular complexity index is 1150. The van der Waals surface area contributed by atoms with Gasteiger partial charge in [0.2, 0.25) is 0 Å². The third-order valence-corrected chi connectivity index (χ3v) is 4.65. The number of nitrogens with one attached hydrogen (secondary N) is 1. The molecular weight excluding hydrogens is 361 g/mol. The van der Waals surface area contributed by atoms with E-state index in [0.717, 1.165) is 34.5 Å². The molecule has 1 fully saturated rings. The van der Waals surface area contributed by atoms with Gasteiger partial charge in [0.1, 0.15) is 11.4 Å². The van der Waals surface area contributed by atoms with Gasteiger partial charge in [0.05, 0.1) is 5.69 Å². The first-order valence-corrected chi connectivity index (χ1v) is 8.74. The summed E-state index contributed by atoms with van der Waals surface area (Å²) in [6, 6.07) is 11.7. The van der Waals surface area contributed by atoms with E-state index in [1.165, 1.54) is 18.2 Å². The van der Waals surface area contributed by atoms with Crippen molar-refractivity contribution in [3.8, 4) is 0 Å². The van der Waals surface area contributed by atoms with Gasteiger partial charge in [-0.2, -0.15) is 0 Å². The average molecular weight is 377 g/mol. The molecule has 0 atom stereocenters. The van der Waals surface area contributed by atoms with Crippen LogP contribution < -0.4 is 10.2 Å². The minimum absolute atomic E-state index is 0.164. The highest BCUT2D eigenvalue weighted by Crippen LogP contribution is 2.26. The first kappa shape index (κ1) is 17.7. The molecule has 1 aromatic heterocycles. The molecule has 2 aromatic carbocycles. The van der Waals surface area contributed by atoms with Gasteiger partial charge >= 0.3 is 6.03 Å². The summed E-state index contributed by atoms with van der Waals surface area (Å²) in [6.45, 7) is 2.72. The maximum absolute atomic E-state index is 13.2. The monoisotopic (exact) mass is 377 g/mol. The zero-order valence-electron chi connectivity index (χ0n) is 15.0. The summed E-state index contributed by atoms with van der Waals surface area (Å²) < 4.78 is 15.2. The summed E-state index contributed by atoms with van der Waals surface area (Å²) in [6.07, 6.45) is 3.34. The zero-order chi connectivity index (χ0) is 19.8. The van der Waals surface area contributed by atoms with E-state index < -0.39 is 23.7 Å². The number of benzene rings is 2. The lowest BCUT2D eigenvalue weighted by Gasteiger charge is -2.26. The van der Waals surface area contributed by atoms with E-state index in [2.05, 4.69) is 5.32 Å². The van der Waals surface area contributed by atoms with E-state index in [-0.39, 0.29) is 11.3 Å². The number of aromatic nitrogens is 1. The van der Waals surface area contributed by atoms with Gasteiger partial charge in [-0.15, -0.1) is 0 Å². The Kier molecular flexibility index (Phi) is 4.27. The van der Waals surface area contributed by atoms with E-state index >= 15 is 0 Å². The second-order valence-electron chi connectivity index (χ2n) is 6.32. The topological polar surface area (TPSA) is 71.4 Å². The molecule has 1 aliphatic heterocycles. The van der Waals surface area contributed by atoms with Crippen LogP contribution in [0.5, 0.6) is 0 Å². The van der Waals surface area contributed by atoms with E-state index in [1.54, 1.807) is 0 Å². The molecule has 1 N–H and O–H groups in total. The Morgan fingerprint density at radius 3 is 2.46 bits per heavy atom. The predicted octanol–water partition coefficient (Wildman–Crippen LogP) is 3.47. The number of rotatable bonds is 3. The van der Waals surface area contributed by atoms with Crippen molar-refractivity contribution in [2.75, 3.05) is 4.90 Å². The van der Waals surface area contributed by atoms with Gasteiger partial charge in [-0.3, -0.25) is 14.9 Å². The molecule has 0 aliphatic carbocycles. The Morgan fingerprint density at radius 2 is 1.75 bits per heavy atom. The molecule has 0 spiro atoms. The van der Waals surface area contributed by atoms with Gasteiger partial charge < -0.3 is 4.57 Å². The van der Waals surface area contributed by atoms with Crippen molar-refractivity contribution >= 4 is 40.5 Å². The molecular formula is C21H16FN3O3. The molecule has 0 radical (unpaired) electrons. The number of nitrogens with zero attached hydrogens (tertiary/aromatic N) is 2. The standard InChI is InChI=1S/C21H16FN3O3/c1-2-24-12-13(16-5-3-4-6-18(16)24)11-17-19(26)23-21(28)25(20(17)27)15-9-7-14(22)8-10-15/h3-12H,2H2,1H3,(H,23,26,28)/b17-11+. The fraction of sp³-hybridized carbons (Fsp3) is 0.0952. The summed E-state index contributed by atoms with van der Waals surface area (Å²) >= 11 is 0. The molecule has 1 saturated heterocycles. The van der Waals surface area contributed by atoms with Gasteiger partial charge in [-0.05, 0) is 43.3 Å². The number of aryl methyl sites for hydroxylation is 1. The molecule has 4 rings (SSSR count). The largest absolute Gasteiger partial charge is 0.347 e. The van der Waals surface area contributed by atoms with Crippen molar-refractivity contribution in [3.05, 3.63) is 71.7 Å². The van der Waals surface area contributed by atoms with Crippen molar-refractivity contribution in [1.29, 1.82) is 0 Å². The summed E-state index contributed by atoms with van der Waals surface area (Å²) in [5.74, 6) is -2.01. The number of fused-ring (bicyclic) bond motifs is 1. The smallest absolute Gasteiger partial charge is 0.335 e. The van der Waals surface area contributed by atoms with Crippen LogP contribution in [0.2, 0.25) is 0 Å². The molecule has 0 bridgehead atoms. The zero-order valence-corrected chi connectivity index (χ0v) is 15.0. The van der Waals surface area contributed by atoms with Gasteiger partial charge in [-0.1, -0.05) is 18.2 Å². The summed E-state index contributed by atoms with van der Waals surface area (Å²) in [5.41, 5.74) is 1.69. The number of hydrogen-bond acceptors (Lipinski definition) is 3. The van der Waals surface area contributed by atoms with Crippen molar-refractivity contribution in [3.63, 3.8) is 0 Å². The Balaban J connectivity index is 1.80. The van der Waals surface area contributed by atoms with Crippen LogP contribution in [0.1, 0.15) is 12.5 Å². The highest BCUT2D eigenvalue weighted by atomic mass is 19.1. The van der Waals surface area contributed by atoms with Crippen LogP contribution in [0.3, 0.4) is 0 Å². The molecule has 2 heterocycles. The minimum Gasteiger partial charge on any atom is -0.347 e. The number of amides is 4. The van der Waals surface area contributed by atoms with Crippen LogP contribution in [0.4, 0.5) is 14.9 Å². The normalized spacial score (nSPS) is 16.1. The third kappa shape index (κ3) is 2.87. The van der Waals surface area contributed by atoms with Crippen molar-refractivity contribution < 1.29 is 18.8 Å². The Labute approximate surface area is 159 Å². The van der Waals surface area contributed by atoms with Crippen LogP contribution in [-0.4, -0.2) is 22.4 Å². The fourth-order valence-corrected chi connectivity index (χ4v) is 3.29. The van der Waals surface area contributed by atoms with Crippen LogP contribution in [-0.2, 0) is 16.1 Å². The lowest BCUT2D eigenvalue weighted by atomic mass is 10.1. The highest BCUT2D eigenvalue weighted by molar-refractivity contribution is 6.39. The summed E-state index contributed by atoms with van der Waals surface area (Å²) in [5, 5.41) is 3.06. The van der Waals surface area contributed by atoms with E-state index in [9.17, 15) is 18.8 Å². The first-order chi connectivity index (χ1) is 13.5. The van der Waals surface area contributed by atoms with E-state index in [0.29, 0.717) is 5.56 Å². The minimum atomic E-state index is -0.866. The van der Waals surface area contributed by atoms with E-state index in [1.807, 2.05) is 42.0 Å². The molecule has 4 amide bonds. The number of anilines is 1. The van der Waals surface area contributed by atoms with Crippen LogP contribution in [0, 0.1) is 5.82 Å². The molecule has 0 unspecified atom stereocenters. The number of halogens is 1. The first-order valence-electron chi connectivity index (χ1n) is 8.74. The van der Waals surface area contributed by atoms with Gasteiger partial charge in [-0.25, -0.2) is 14.1 Å². The van der Waals surface area contributed by atoms with Crippen molar-refractivity contribution in [2.45, 2.75) is 13.5 Å². The van der Waals surface area contributed by atoms with Crippen LogP contribution in [0.15, 0.2) is 60.3 Å². The highest BCUT2D eigenvalue weighted by Gasteiger charge is 2.37. The number of carbonyl (C=O) groups is 3. The maximum atomic E-state index is 13.2. The Morgan fingerprint density at radius 1 is 1.04 bits per heavy atom. The van der Waals surface area contributed by atoms with Crippen molar-refractivity contribution in [1.82, 2.24) is 9.88 Å². The predicted molar refractivity (Wildman–Crippen MR) is 103 cm³/mol. The maximum Gasteiger partial charge on any atom is 0.335 e. The number of urea groups is 1. The molecule has 1 aliphatic rings. The van der Waals surface area contributed by atoms with Gasteiger partial charge in [0.15, 0.2) is 0 Å². The fourth-order valence-electron chi connectivity index (χ4n) is 3.29. The second kappa shape index (κ2) is 6.77. The van der Waals surface area contributed by atoms with Gasteiger partial charge in [0, 0.05) is 29.2 Å². The SMILES string of the molecule is CCn1cc(/C=C2\C(=O)NC(=O)N(c3ccc(F)cc3)C2=O)c2ccccc21. The number of imide groups is 2. The lowest BCUT2D eigenvalue weighted by molar-refractivity contribution is -0.122. The second-order valence-corrected chi connectivity index (χ2v) is 6.32.